The fourth-order valence-electron chi connectivity index (χ4n) is 4.66. The van der Waals surface area contributed by atoms with Crippen LogP contribution in [0.3, 0.4) is 0 Å². The summed E-state index contributed by atoms with van der Waals surface area (Å²) in [5.41, 5.74) is 4.36. The molecule has 0 saturated carbocycles. The Labute approximate surface area is 212 Å². The van der Waals surface area contributed by atoms with Crippen LogP contribution in [-0.2, 0) is 13.0 Å². The molecule has 3 N–H and O–H groups in total. The Morgan fingerprint density at radius 1 is 1.00 bits per heavy atom. The molecule has 5 rings (SSSR count). The van der Waals surface area contributed by atoms with E-state index in [2.05, 4.69) is 4.98 Å². The van der Waals surface area contributed by atoms with Gasteiger partial charge in [0, 0.05) is 23.2 Å². The molecule has 1 aliphatic rings. The minimum Gasteiger partial charge on any atom is -0.494 e. The van der Waals surface area contributed by atoms with Crippen molar-refractivity contribution in [1.82, 2.24) is 9.55 Å². The summed E-state index contributed by atoms with van der Waals surface area (Å²) >= 11 is 6.16. The monoisotopic (exact) mass is 503 g/mol. The van der Waals surface area contributed by atoms with Crippen molar-refractivity contribution in [3.05, 3.63) is 109 Å². The molecule has 0 aliphatic heterocycles. The zero-order valence-electron chi connectivity index (χ0n) is 19.9. The third-order valence-corrected chi connectivity index (χ3v) is 7.07. The molecule has 6 nitrogen and oxygen atoms in total. The average Bonchev–Trinajstić information content (AvgIpc) is 3.07. The minimum atomic E-state index is -0.584. The van der Waals surface area contributed by atoms with Crippen molar-refractivity contribution in [2.24, 2.45) is 0 Å². The van der Waals surface area contributed by atoms with E-state index in [0.29, 0.717) is 21.7 Å². The lowest BCUT2D eigenvalue weighted by Gasteiger charge is -2.17. The normalized spacial score (nSPS) is 12.6. The number of pyridine rings is 1. The molecule has 0 amide bonds. The highest BCUT2D eigenvalue weighted by Gasteiger charge is 2.38. The Balaban J connectivity index is 1.54. The van der Waals surface area contributed by atoms with E-state index in [1.165, 1.54) is 16.8 Å². The number of nitrogens with one attached hydrogen (secondary N) is 1. The zero-order valence-corrected chi connectivity index (χ0v) is 20.7. The van der Waals surface area contributed by atoms with Crippen molar-refractivity contribution in [2.75, 3.05) is 0 Å². The molecule has 4 aromatic rings. The Kier molecular flexibility index (Phi) is 5.68. The van der Waals surface area contributed by atoms with E-state index >= 15 is 0 Å². The van der Waals surface area contributed by atoms with Crippen LogP contribution in [0, 0.1) is 32.0 Å². The highest BCUT2D eigenvalue weighted by molar-refractivity contribution is 6.31. The Morgan fingerprint density at radius 3 is 2.44 bits per heavy atom. The summed E-state index contributed by atoms with van der Waals surface area (Å²) in [5, 5.41) is 31.1. The maximum absolute atomic E-state index is 14.5. The molecule has 0 spiro atoms. The van der Waals surface area contributed by atoms with Gasteiger partial charge in [-0.05, 0) is 66.8 Å². The molecular weight excluding hydrogens is 481 g/mol. The lowest BCUT2D eigenvalue weighted by atomic mass is 9.87. The lowest BCUT2D eigenvalue weighted by Crippen LogP contribution is -2.21. The van der Waals surface area contributed by atoms with Crippen LogP contribution in [0.15, 0.2) is 42.6 Å². The number of rotatable bonds is 4. The van der Waals surface area contributed by atoms with E-state index in [0.717, 1.165) is 16.7 Å². The summed E-state index contributed by atoms with van der Waals surface area (Å²) in [6, 6.07) is 10.3. The molecule has 2 aromatic heterocycles. The molecule has 2 aromatic carbocycles. The second kappa shape index (κ2) is 8.60. The molecule has 0 bridgehead atoms. The number of ketones is 1. The number of aryl methyl sites for hydroxylation is 3. The van der Waals surface area contributed by atoms with Crippen molar-refractivity contribution < 1.29 is 19.4 Å². The molecule has 182 valence electrons. The van der Waals surface area contributed by atoms with E-state index < -0.39 is 17.5 Å². The molecular formula is C28H23ClFN3O3. The third kappa shape index (κ3) is 3.76. The Bertz CT molecular complexity index is 1610. The van der Waals surface area contributed by atoms with Crippen LogP contribution in [-0.4, -0.2) is 31.3 Å². The number of aromatic nitrogens is 2. The molecule has 36 heavy (non-hydrogen) atoms. The van der Waals surface area contributed by atoms with Crippen molar-refractivity contribution in [2.45, 2.75) is 33.7 Å². The fourth-order valence-corrected chi connectivity index (χ4v) is 4.85. The summed E-state index contributed by atoms with van der Waals surface area (Å²) < 4.78 is 15.7. The molecule has 0 fully saturated rings. The average molecular weight is 504 g/mol. The predicted molar refractivity (Wildman–Crippen MR) is 135 cm³/mol. The van der Waals surface area contributed by atoms with Crippen LogP contribution < -0.4 is 0 Å². The summed E-state index contributed by atoms with van der Waals surface area (Å²) in [6.07, 6.45) is 1.61. The minimum absolute atomic E-state index is 0.00220. The predicted octanol–water partition coefficient (Wildman–Crippen LogP) is 5.61. The van der Waals surface area contributed by atoms with Crippen LogP contribution in [0.4, 0.5) is 4.39 Å². The van der Waals surface area contributed by atoms with Gasteiger partial charge in [0.1, 0.15) is 11.5 Å². The largest absolute Gasteiger partial charge is 0.494 e. The number of halogens is 2. The van der Waals surface area contributed by atoms with Crippen LogP contribution >= 0.6 is 11.6 Å². The molecule has 8 heteroatoms. The molecule has 0 unspecified atom stereocenters. The maximum atomic E-state index is 14.5. The molecule has 0 radical (unpaired) electrons. The number of benzene rings is 2. The van der Waals surface area contributed by atoms with Gasteiger partial charge in [-0.2, -0.15) is 0 Å². The van der Waals surface area contributed by atoms with Crippen LogP contribution in [0.1, 0.15) is 60.6 Å². The summed E-state index contributed by atoms with van der Waals surface area (Å²) in [4.78, 5) is 17.5. The van der Waals surface area contributed by atoms with E-state index in [1.54, 1.807) is 19.1 Å². The zero-order chi connectivity index (χ0) is 25.9. The first kappa shape index (κ1) is 23.8. The Morgan fingerprint density at radius 2 is 1.72 bits per heavy atom. The SMILES string of the molecule is Cc1ccc(Cn2c(O)c3c(c2O)C(=O)c2ncc(Cc4cc(Cl)c(C)cc4F)cc2C3=N)c(C)c1. The Hall–Kier alpha value is -3.97. The highest BCUT2D eigenvalue weighted by Crippen LogP contribution is 2.41. The standard InChI is InChI=1S/C28H23ClFN3O3/c1-13-4-5-17(14(2)6-13)12-33-27(35)22-23(28(33)36)26(34)25-19(24(22)31)9-16(11-32-25)8-18-10-20(29)15(3)7-21(18)30/h4-7,9-11,31,35-36H,8,12H2,1-3H3. The van der Waals surface area contributed by atoms with Gasteiger partial charge in [-0.3, -0.25) is 19.8 Å². The first-order chi connectivity index (χ1) is 17.1. The van der Waals surface area contributed by atoms with Gasteiger partial charge < -0.3 is 10.2 Å². The number of carbonyl (C=O) groups is 1. The van der Waals surface area contributed by atoms with Gasteiger partial charge in [-0.25, -0.2) is 4.39 Å². The molecule has 0 saturated heterocycles. The van der Waals surface area contributed by atoms with Crippen molar-refractivity contribution in [3.8, 4) is 11.8 Å². The highest BCUT2D eigenvalue weighted by atomic mass is 35.5. The van der Waals surface area contributed by atoms with Gasteiger partial charge in [-0.15, -0.1) is 0 Å². The van der Waals surface area contributed by atoms with Gasteiger partial charge >= 0.3 is 0 Å². The topological polar surface area (TPSA) is 99.2 Å². The lowest BCUT2D eigenvalue weighted by molar-refractivity contribution is 0.103. The number of hydrogen-bond donors (Lipinski definition) is 3. The van der Waals surface area contributed by atoms with Crippen molar-refractivity contribution >= 4 is 23.1 Å². The number of nitrogens with zero attached hydrogens (tertiary/aromatic N) is 2. The van der Waals surface area contributed by atoms with Gasteiger partial charge in [0.05, 0.1) is 23.4 Å². The number of fused-ring (bicyclic) bond motifs is 2. The van der Waals surface area contributed by atoms with E-state index in [1.807, 2.05) is 32.0 Å². The first-order valence-corrected chi connectivity index (χ1v) is 11.7. The van der Waals surface area contributed by atoms with Crippen LogP contribution in [0.5, 0.6) is 11.8 Å². The summed E-state index contributed by atoms with van der Waals surface area (Å²) in [7, 11) is 0. The van der Waals surface area contributed by atoms with E-state index in [9.17, 15) is 19.4 Å². The fraction of sp³-hybridized carbons (Fsp3) is 0.179. The quantitative estimate of drug-likeness (QED) is 0.297. The van der Waals surface area contributed by atoms with Gasteiger partial charge in [0.15, 0.2) is 0 Å². The van der Waals surface area contributed by atoms with Gasteiger partial charge in [-0.1, -0.05) is 35.4 Å². The maximum Gasteiger partial charge on any atom is 0.218 e. The summed E-state index contributed by atoms with van der Waals surface area (Å²) in [5.74, 6) is -1.77. The van der Waals surface area contributed by atoms with E-state index in [-0.39, 0.29) is 46.9 Å². The van der Waals surface area contributed by atoms with Crippen molar-refractivity contribution in [3.63, 3.8) is 0 Å². The van der Waals surface area contributed by atoms with Crippen LogP contribution in [0.2, 0.25) is 5.02 Å². The second-order valence-corrected chi connectivity index (χ2v) is 9.63. The molecule has 0 atom stereocenters. The summed E-state index contributed by atoms with van der Waals surface area (Å²) in [6.45, 7) is 5.74. The van der Waals surface area contributed by atoms with E-state index in [4.69, 9.17) is 17.0 Å². The number of aromatic hydroxyl groups is 2. The second-order valence-electron chi connectivity index (χ2n) is 9.23. The van der Waals surface area contributed by atoms with Gasteiger partial charge in [0.25, 0.3) is 0 Å². The third-order valence-electron chi connectivity index (χ3n) is 6.66. The van der Waals surface area contributed by atoms with Gasteiger partial charge in [0.2, 0.25) is 17.5 Å². The number of hydrogen-bond acceptors (Lipinski definition) is 5. The number of carbonyl (C=O) groups excluding carboxylic acids is 1. The molecule has 2 heterocycles. The smallest absolute Gasteiger partial charge is 0.218 e. The van der Waals surface area contributed by atoms with Crippen molar-refractivity contribution in [1.29, 1.82) is 5.41 Å². The van der Waals surface area contributed by atoms with Crippen LogP contribution in [0.25, 0.3) is 0 Å². The first-order valence-electron chi connectivity index (χ1n) is 11.3. The molecule has 1 aliphatic carbocycles.